The predicted molar refractivity (Wildman–Crippen MR) is 91.4 cm³/mol. The monoisotopic (exact) mass is 386 g/mol. The molecule has 18 heavy (non-hydrogen) atoms. The molecular weight excluding hydrogens is 359 g/mol. The first-order valence-electron chi connectivity index (χ1n) is 6.54. The van der Waals surface area contributed by atoms with E-state index in [0.717, 1.165) is 17.9 Å². The standard InChI is InChI=1S/C14H27IO2S/c1-11(2)13(16)8-10-18(4,5)9-6-7-14(17)12(3)15/h11-12H,6-10H2,1-5H3. The van der Waals surface area contributed by atoms with Gasteiger partial charge in [-0.1, -0.05) is 36.4 Å². The van der Waals surface area contributed by atoms with Crippen molar-refractivity contribution in [2.45, 2.75) is 44.0 Å². The average molecular weight is 386 g/mol. The third-order valence-electron chi connectivity index (χ3n) is 3.11. The molecule has 0 saturated carbocycles. The van der Waals surface area contributed by atoms with Crippen molar-refractivity contribution >= 4 is 44.2 Å². The van der Waals surface area contributed by atoms with Gasteiger partial charge in [-0.3, -0.25) is 9.59 Å². The van der Waals surface area contributed by atoms with Crippen LogP contribution in [0.25, 0.3) is 0 Å². The molecule has 2 nitrogen and oxygen atoms in total. The summed E-state index contributed by atoms with van der Waals surface area (Å²) in [6.45, 7) is 5.87. The van der Waals surface area contributed by atoms with E-state index < -0.39 is 10.0 Å². The van der Waals surface area contributed by atoms with E-state index >= 15 is 0 Å². The molecule has 0 fully saturated rings. The highest BCUT2D eigenvalue weighted by atomic mass is 127. The zero-order chi connectivity index (χ0) is 14.3. The van der Waals surface area contributed by atoms with Crippen LogP contribution in [0, 0.1) is 5.92 Å². The van der Waals surface area contributed by atoms with E-state index in [2.05, 4.69) is 35.1 Å². The maximum absolute atomic E-state index is 11.6. The summed E-state index contributed by atoms with van der Waals surface area (Å²) in [5.74, 6) is 2.99. The van der Waals surface area contributed by atoms with Gasteiger partial charge >= 0.3 is 0 Å². The van der Waals surface area contributed by atoms with Crippen molar-refractivity contribution < 1.29 is 9.59 Å². The van der Waals surface area contributed by atoms with E-state index in [4.69, 9.17) is 0 Å². The van der Waals surface area contributed by atoms with Gasteiger partial charge in [0, 0.05) is 18.8 Å². The second kappa shape index (κ2) is 8.56. The lowest BCUT2D eigenvalue weighted by molar-refractivity contribution is -0.121. The molecule has 0 aromatic heterocycles. The van der Waals surface area contributed by atoms with Crippen molar-refractivity contribution in [2.24, 2.45) is 5.92 Å². The van der Waals surface area contributed by atoms with E-state index in [1.807, 2.05) is 20.8 Å². The third kappa shape index (κ3) is 8.51. The van der Waals surface area contributed by atoms with Gasteiger partial charge in [0.25, 0.3) is 0 Å². The van der Waals surface area contributed by atoms with Crippen molar-refractivity contribution in [2.75, 3.05) is 24.0 Å². The summed E-state index contributed by atoms with van der Waals surface area (Å²) in [5.41, 5.74) is 0. The van der Waals surface area contributed by atoms with Crippen molar-refractivity contribution in [3.8, 4) is 0 Å². The number of rotatable bonds is 9. The average Bonchev–Trinajstić information content (AvgIpc) is 2.25. The minimum atomic E-state index is -0.707. The molecule has 0 aliphatic rings. The number of alkyl halides is 1. The number of carbonyl (C=O) groups excluding carboxylic acids is 2. The zero-order valence-corrected chi connectivity index (χ0v) is 15.3. The van der Waals surface area contributed by atoms with E-state index in [1.165, 1.54) is 0 Å². The molecule has 0 bridgehead atoms. The number of carbonyl (C=O) groups is 2. The van der Waals surface area contributed by atoms with E-state index in [9.17, 15) is 9.59 Å². The van der Waals surface area contributed by atoms with Crippen LogP contribution in [0.4, 0.5) is 0 Å². The van der Waals surface area contributed by atoms with Gasteiger partial charge in [-0.15, -0.1) is 0 Å². The largest absolute Gasteiger partial charge is 0.299 e. The molecule has 0 aromatic carbocycles. The number of ketones is 2. The number of Topliss-reactive ketones (excluding diaryl/α,β-unsaturated/α-hetero) is 2. The maximum Gasteiger partial charge on any atom is 0.145 e. The van der Waals surface area contributed by atoms with Crippen LogP contribution < -0.4 is 0 Å². The highest BCUT2D eigenvalue weighted by molar-refractivity contribution is 14.1. The SMILES string of the molecule is CC(C)C(=O)CCS(C)(C)CCCC(=O)C(C)I. The Labute approximate surface area is 127 Å². The molecule has 0 aromatic rings. The molecular formula is C14H27IO2S. The number of hydrogen-bond acceptors (Lipinski definition) is 2. The van der Waals surface area contributed by atoms with Gasteiger partial charge in [0.15, 0.2) is 0 Å². The summed E-state index contributed by atoms with van der Waals surface area (Å²) in [7, 11) is -0.707. The minimum Gasteiger partial charge on any atom is -0.299 e. The predicted octanol–water partition coefficient (Wildman–Crippen LogP) is 3.84. The van der Waals surface area contributed by atoms with Gasteiger partial charge in [0.2, 0.25) is 0 Å². The van der Waals surface area contributed by atoms with Crippen LogP contribution in [-0.4, -0.2) is 39.5 Å². The van der Waals surface area contributed by atoms with Gasteiger partial charge in [-0.25, -0.2) is 10.0 Å². The summed E-state index contributed by atoms with van der Waals surface area (Å²) in [6, 6.07) is 0. The van der Waals surface area contributed by atoms with Gasteiger partial charge in [-0.2, -0.15) is 0 Å². The zero-order valence-electron chi connectivity index (χ0n) is 12.3. The van der Waals surface area contributed by atoms with E-state index in [-0.39, 0.29) is 9.84 Å². The first-order valence-corrected chi connectivity index (χ1v) is 10.6. The van der Waals surface area contributed by atoms with Crippen molar-refractivity contribution in [3.05, 3.63) is 0 Å². The second-order valence-corrected chi connectivity index (χ2v) is 12.0. The lowest BCUT2D eigenvalue weighted by Crippen LogP contribution is -2.15. The smallest absolute Gasteiger partial charge is 0.145 e. The molecule has 1 unspecified atom stereocenters. The Morgan fingerprint density at radius 1 is 1.00 bits per heavy atom. The summed E-state index contributed by atoms with van der Waals surface area (Å²) < 4.78 is 0.128. The normalized spacial score (nSPS) is 14.6. The lowest BCUT2D eigenvalue weighted by atomic mass is 10.1. The van der Waals surface area contributed by atoms with Crippen LogP contribution in [0.15, 0.2) is 0 Å². The highest BCUT2D eigenvalue weighted by Crippen LogP contribution is 2.41. The summed E-state index contributed by atoms with van der Waals surface area (Å²) in [5, 5.41) is 0. The van der Waals surface area contributed by atoms with Crippen LogP contribution in [0.2, 0.25) is 0 Å². The lowest BCUT2D eigenvalue weighted by Gasteiger charge is -2.31. The fourth-order valence-corrected chi connectivity index (χ4v) is 3.80. The van der Waals surface area contributed by atoms with Gasteiger partial charge < -0.3 is 0 Å². The quantitative estimate of drug-likeness (QED) is 0.446. The molecule has 0 N–H and O–H groups in total. The van der Waals surface area contributed by atoms with Gasteiger partial charge in [-0.05, 0) is 37.4 Å². The summed E-state index contributed by atoms with van der Waals surface area (Å²) in [4.78, 5) is 23.2. The van der Waals surface area contributed by atoms with Crippen molar-refractivity contribution in [1.82, 2.24) is 0 Å². The first kappa shape index (κ1) is 18.4. The molecule has 4 heteroatoms. The van der Waals surface area contributed by atoms with Crippen molar-refractivity contribution in [1.29, 1.82) is 0 Å². The topological polar surface area (TPSA) is 34.1 Å². The molecule has 0 radical (unpaired) electrons. The highest BCUT2D eigenvalue weighted by Gasteiger charge is 2.17. The Hall–Kier alpha value is 0.420. The maximum atomic E-state index is 11.6. The molecule has 108 valence electrons. The fraction of sp³-hybridized carbons (Fsp3) is 0.857. The van der Waals surface area contributed by atoms with Crippen LogP contribution in [0.1, 0.15) is 40.0 Å². The molecule has 0 aliphatic carbocycles. The minimum absolute atomic E-state index is 0.128. The second-order valence-electron chi connectivity index (χ2n) is 5.73. The molecule has 1 atom stereocenters. The third-order valence-corrected chi connectivity index (χ3v) is 6.51. The molecule has 0 amide bonds. The van der Waals surface area contributed by atoms with Crippen LogP contribution in [-0.2, 0) is 9.59 Å². The summed E-state index contributed by atoms with van der Waals surface area (Å²) >= 11 is 2.17. The van der Waals surface area contributed by atoms with Crippen LogP contribution >= 0.6 is 32.6 Å². The van der Waals surface area contributed by atoms with Crippen molar-refractivity contribution in [3.63, 3.8) is 0 Å². The molecule has 0 aliphatic heterocycles. The fourth-order valence-electron chi connectivity index (χ4n) is 1.60. The Bertz CT molecular complexity index is 286. The summed E-state index contributed by atoms with van der Waals surface area (Å²) in [6.07, 6.45) is 6.93. The van der Waals surface area contributed by atoms with Crippen LogP contribution in [0.3, 0.4) is 0 Å². The van der Waals surface area contributed by atoms with Gasteiger partial charge in [0.05, 0.1) is 3.92 Å². The molecule has 0 rings (SSSR count). The van der Waals surface area contributed by atoms with E-state index in [1.54, 1.807) is 0 Å². The molecule has 0 heterocycles. The van der Waals surface area contributed by atoms with Gasteiger partial charge in [0.1, 0.15) is 11.6 Å². The number of halogens is 1. The first-order chi connectivity index (χ1) is 8.15. The van der Waals surface area contributed by atoms with Crippen LogP contribution in [0.5, 0.6) is 0 Å². The Morgan fingerprint density at radius 3 is 2.00 bits per heavy atom. The Morgan fingerprint density at radius 2 is 1.56 bits per heavy atom. The Kier molecular flexibility index (Phi) is 8.76. The van der Waals surface area contributed by atoms with E-state index in [0.29, 0.717) is 24.4 Å². The number of hydrogen-bond donors (Lipinski definition) is 0. The molecule has 0 spiro atoms. The molecule has 0 saturated heterocycles. The Balaban J connectivity index is 3.94.